The van der Waals surface area contributed by atoms with Crippen molar-refractivity contribution in [2.45, 2.75) is 46.6 Å². The van der Waals surface area contributed by atoms with Crippen LogP contribution in [0.2, 0.25) is 0 Å². The second-order valence-electron chi connectivity index (χ2n) is 5.58. The molecule has 0 aliphatic rings. The average Bonchev–Trinajstić information content (AvgIpc) is 2.43. The van der Waals surface area contributed by atoms with E-state index in [-0.39, 0.29) is 11.9 Å². The van der Waals surface area contributed by atoms with Crippen molar-refractivity contribution in [3.63, 3.8) is 0 Å². The number of nitrogen functional groups attached to an aromatic ring is 1. The summed E-state index contributed by atoms with van der Waals surface area (Å²) in [5, 5.41) is 3.05. The minimum absolute atomic E-state index is 0.0686. The third kappa shape index (κ3) is 5.38. The first-order valence-corrected chi connectivity index (χ1v) is 7.87. The number of nitrogens with two attached hydrogens (primary N) is 1. The van der Waals surface area contributed by atoms with Crippen molar-refractivity contribution in [3.8, 4) is 0 Å². The maximum atomic E-state index is 12.3. The van der Waals surface area contributed by atoms with Gasteiger partial charge in [-0.2, -0.15) is 0 Å². The highest BCUT2D eigenvalue weighted by Gasteiger charge is 2.14. The number of amides is 1. The first kappa shape index (κ1) is 17.5. The van der Waals surface area contributed by atoms with E-state index in [9.17, 15) is 4.79 Å². The Labute approximate surface area is 128 Å². The fraction of sp³-hybridized carbons (Fsp3) is 0.588. The van der Waals surface area contributed by atoms with Crippen LogP contribution in [0.3, 0.4) is 0 Å². The molecule has 0 saturated carbocycles. The summed E-state index contributed by atoms with van der Waals surface area (Å²) in [4.78, 5) is 14.7. The van der Waals surface area contributed by atoms with Gasteiger partial charge in [-0.05, 0) is 58.0 Å². The van der Waals surface area contributed by atoms with Gasteiger partial charge in [0, 0.05) is 11.7 Å². The largest absolute Gasteiger partial charge is 0.398 e. The lowest BCUT2D eigenvalue weighted by atomic mass is 10.1. The Hall–Kier alpha value is -1.55. The van der Waals surface area contributed by atoms with Gasteiger partial charge < -0.3 is 16.0 Å². The second kappa shape index (κ2) is 8.67. The normalized spacial score (nSPS) is 12.4. The Morgan fingerprint density at radius 3 is 2.57 bits per heavy atom. The van der Waals surface area contributed by atoms with Crippen LogP contribution in [0.25, 0.3) is 0 Å². The minimum atomic E-state index is -0.0686. The number of rotatable bonds is 8. The van der Waals surface area contributed by atoms with Gasteiger partial charge in [-0.1, -0.05) is 26.0 Å². The average molecular weight is 291 g/mol. The van der Waals surface area contributed by atoms with Crippen LogP contribution in [0.15, 0.2) is 18.2 Å². The summed E-state index contributed by atoms with van der Waals surface area (Å²) in [6.07, 6.45) is 2.07. The zero-order valence-electron chi connectivity index (χ0n) is 13.8. The molecular formula is C17H29N3O. The van der Waals surface area contributed by atoms with Crippen LogP contribution < -0.4 is 11.1 Å². The van der Waals surface area contributed by atoms with Gasteiger partial charge in [-0.3, -0.25) is 4.79 Å². The maximum Gasteiger partial charge on any atom is 0.253 e. The van der Waals surface area contributed by atoms with Gasteiger partial charge >= 0.3 is 0 Å². The number of carbonyl (C=O) groups is 1. The number of hydrogen-bond donors (Lipinski definition) is 2. The van der Waals surface area contributed by atoms with Crippen LogP contribution in [0.1, 0.15) is 49.5 Å². The summed E-state index contributed by atoms with van der Waals surface area (Å²) in [6, 6.07) is 5.71. The monoisotopic (exact) mass is 291 g/mol. The summed E-state index contributed by atoms with van der Waals surface area (Å²) >= 11 is 0. The molecule has 1 rings (SSSR count). The molecule has 0 aromatic heterocycles. The van der Waals surface area contributed by atoms with E-state index in [0.717, 1.165) is 38.0 Å². The van der Waals surface area contributed by atoms with Crippen LogP contribution in [0, 0.1) is 6.92 Å². The van der Waals surface area contributed by atoms with E-state index < -0.39 is 0 Å². The van der Waals surface area contributed by atoms with Crippen LogP contribution in [-0.2, 0) is 0 Å². The van der Waals surface area contributed by atoms with Crippen LogP contribution in [-0.4, -0.2) is 36.5 Å². The number of anilines is 1. The molecule has 4 nitrogen and oxygen atoms in total. The Balaban J connectivity index is 2.47. The number of nitrogens with zero attached hydrogens (tertiary/aromatic N) is 1. The van der Waals surface area contributed by atoms with Gasteiger partial charge in [0.15, 0.2) is 0 Å². The molecule has 4 heteroatoms. The van der Waals surface area contributed by atoms with Crippen LogP contribution in [0.4, 0.5) is 5.69 Å². The van der Waals surface area contributed by atoms with Crippen LogP contribution in [0.5, 0.6) is 0 Å². The van der Waals surface area contributed by atoms with Gasteiger partial charge in [0.2, 0.25) is 0 Å². The Morgan fingerprint density at radius 2 is 2.00 bits per heavy atom. The van der Waals surface area contributed by atoms with Gasteiger partial charge in [0.1, 0.15) is 0 Å². The van der Waals surface area contributed by atoms with Gasteiger partial charge in [-0.25, -0.2) is 0 Å². The third-order valence-corrected chi connectivity index (χ3v) is 3.92. The zero-order valence-corrected chi connectivity index (χ0v) is 13.8. The molecule has 1 aromatic carbocycles. The molecule has 0 saturated heterocycles. The predicted octanol–water partition coefficient (Wildman–Crippen LogP) is 2.82. The fourth-order valence-electron chi connectivity index (χ4n) is 2.53. The molecule has 0 aliphatic heterocycles. The van der Waals surface area contributed by atoms with E-state index in [1.165, 1.54) is 0 Å². The molecule has 21 heavy (non-hydrogen) atoms. The third-order valence-electron chi connectivity index (χ3n) is 3.92. The summed E-state index contributed by atoms with van der Waals surface area (Å²) in [6.45, 7) is 11.6. The van der Waals surface area contributed by atoms with Crippen molar-refractivity contribution in [1.82, 2.24) is 10.2 Å². The van der Waals surface area contributed by atoms with E-state index in [1.54, 1.807) is 6.07 Å². The van der Waals surface area contributed by atoms with Crippen LogP contribution >= 0.6 is 0 Å². The number of benzene rings is 1. The molecule has 0 heterocycles. The SMILES string of the molecule is CCN(CC)CCCC(C)NC(=O)c1c(C)cccc1N. The summed E-state index contributed by atoms with van der Waals surface area (Å²) in [5.41, 5.74) is 7.97. The second-order valence-corrected chi connectivity index (χ2v) is 5.58. The smallest absolute Gasteiger partial charge is 0.253 e. The lowest BCUT2D eigenvalue weighted by Gasteiger charge is -2.20. The van der Waals surface area contributed by atoms with Gasteiger partial charge in [0.05, 0.1) is 5.56 Å². The standard InChI is InChI=1S/C17H29N3O/c1-5-20(6-2)12-8-10-14(4)19-17(21)16-13(3)9-7-11-15(16)18/h7,9,11,14H,5-6,8,10,12,18H2,1-4H3,(H,19,21). The molecular weight excluding hydrogens is 262 g/mol. The molecule has 0 aliphatic carbocycles. The summed E-state index contributed by atoms with van der Waals surface area (Å²) < 4.78 is 0. The van der Waals surface area contributed by atoms with Crippen molar-refractivity contribution in [2.24, 2.45) is 0 Å². The first-order chi connectivity index (χ1) is 9.99. The number of aryl methyl sites for hydroxylation is 1. The number of hydrogen-bond acceptors (Lipinski definition) is 3. The highest BCUT2D eigenvalue weighted by atomic mass is 16.1. The zero-order chi connectivity index (χ0) is 15.8. The van der Waals surface area contributed by atoms with Crippen molar-refractivity contribution < 1.29 is 4.79 Å². The van der Waals surface area contributed by atoms with E-state index in [2.05, 4.69) is 31.0 Å². The summed E-state index contributed by atoms with van der Waals surface area (Å²) in [7, 11) is 0. The van der Waals surface area contributed by atoms with E-state index in [0.29, 0.717) is 11.3 Å². The molecule has 118 valence electrons. The fourth-order valence-corrected chi connectivity index (χ4v) is 2.53. The molecule has 1 unspecified atom stereocenters. The van der Waals surface area contributed by atoms with Gasteiger partial charge in [0.25, 0.3) is 5.91 Å². The van der Waals surface area contributed by atoms with Crippen molar-refractivity contribution >= 4 is 11.6 Å². The van der Waals surface area contributed by atoms with Crippen molar-refractivity contribution in [1.29, 1.82) is 0 Å². The summed E-state index contributed by atoms with van der Waals surface area (Å²) in [5.74, 6) is -0.0686. The Morgan fingerprint density at radius 1 is 1.33 bits per heavy atom. The highest BCUT2D eigenvalue weighted by Crippen LogP contribution is 2.16. The Bertz CT molecular complexity index is 435. The molecule has 3 N–H and O–H groups in total. The van der Waals surface area contributed by atoms with Crippen molar-refractivity contribution in [2.75, 3.05) is 25.4 Å². The van der Waals surface area contributed by atoms with Gasteiger partial charge in [-0.15, -0.1) is 0 Å². The highest BCUT2D eigenvalue weighted by molar-refractivity contribution is 6.00. The predicted molar refractivity (Wildman–Crippen MR) is 89.5 cm³/mol. The van der Waals surface area contributed by atoms with E-state index in [4.69, 9.17) is 5.73 Å². The number of nitrogens with one attached hydrogen (secondary N) is 1. The number of carbonyl (C=O) groups excluding carboxylic acids is 1. The Kier molecular flexibility index (Phi) is 7.23. The maximum absolute atomic E-state index is 12.3. The topological polar surface area (TPSA) is 58.4 Å². The molecule has 1 atom stereocenters. The first-order valence-electron chi connectivity index (χ1n) is 7.87. The molecule has 1 aromatic rings. The van der Waals surface area contributed by atoms with E-state index in [1.807, 2.05) is 19.1 Å². The molecule has 1 amide bonds. The molecule has 0 fully saturated rings. The minimum Gasteiger partial charge on any atom is -0.398 e. The molecule has 0 radical (unpaired) electrons. The lowest BCUT2D eigenvalue weighted by molar-refractivity contribution is 0.0937. The quantitative estimate of drug-likeness (QED) is 0.724. The van der Waals surface area contributed by atoms with E-state index >= 15 is 0 Å². The lowest BCUT2D eigenvalue weighted by Crippen LogP contribution is -2.34. The van der Waals surface area contributed by atoms with Crippen molar-refractivity contribution in [3.05, 3.63) is 29.3 Å². The molecule has 0 bridgehead atoms. The molecule has 0 spiro atoms.